The highest BCUT2D eigenvalue weighted by Gasteiger charge is 2.33. The van der Waals surface area contributed by atoms with Crippen molar-refractivity contribution in [3.05, 3.63) is 42.0 Å². The van der Waals surface area contributed by atoms with Crippen LogP contribution in [-0.2, 0) is 14.4 Å². The molecule has 1 aliphatic rings. The molecule has 1 aromatic rings. The van der Waals surface area contributed by atoms with Crippen LogP contribution >= 0.6 is 0 Å². The Morgan fingerprint density at radius 1 is 1.11 bits per heavy atom. The van der Waals surface area contributed by atoms with E-state index in [1.165, 1.54) is 12.5 Å². The number of benzene rings is 1. The van der Waals surface area contributed by atoms with Gasteiger partial charge in [-0.2, -0.15) is 0 Å². The number of ether oxygens (including phenoxy) is 1. The van der Waals surface area contributed by atoms with Gasteiger partial charge >= 0.3 is 6.09 Å². The molecule has 1 aromatic carbocycles. The van der Waals surface area contributed by atoms with E-state index in [9.17, 15) is 9.90 Å². The molecule has 1 saturated carbocycles. The van der Waals surface area contributed by atoms with Crippen molar-refractivity contribution in [1.29, 1.82) is 0 Å². The molecule has 0 spiro atoms. The van der Waals surface area contributed by atoms with Gasteiger partial charge in [-0.15, -0.1) is 0 Å². The number of aliphatic hydroxyl groups excluding tert-OH is 1. The lowest BCUT2D eigenvalue weighted by Crippen LogP contribution is -2.44. The van der Waals surface area contributed by atoms with Gasteiger partial charge in [0.1, 0.15) is 0 Å². The number of hydrogen-bond donors (Lipinski definition) is 2. The van der Waals surface area contributed by atoms with Gasteiger partial charge in [0.05, 0.1) is 18.2 Å². The van der Waals surface area contributed by atoms with E-state index in [0.29, 0.717) is 6.61 Å². The SMILES string of the molecule is C=C(C)c1cccc(C(C)(C)NC(=O)OCCC[Si](C)(C)O[Si](C)(C)CCC2CCC(O)CC2)c1. The fourth-order valence-corrected chi connectivity index (χ4v) is 13.9. The molecule has 0 aliphatic heterocycles. The first-order valence-electron chi connectivity index (χ1n) is 13.3. The van der Waals surface area contributed by atoms with Crippen molar-refractivity contribution in [3.8, 4) is 0 Å². The maximum Gasteiger partial charge on any atom is 0.407 e. The Balaban J connectivity index is 1.73. The van der Waals surface area contributed by atoms with E-state index in [-0.39, 0.29) is 12.2 Å². The first kappa shape index (κ1) is 29.8. The molecule has 5 nitrogen and oxygen atoms in total. The zero-order valence-electron chi connectivity index (χ0n) is 23.2. The minimum Gasteiger partial charge on any atom is -0.455 e. The molecule has 2 rings (SSSR count). The number of carbonyl (C=O) groups excluding carboxylic acids is 1. The van der Waals surface area contributed by atoms with Gasteiger partial charge in [-0.05, 0) is 114 Å². The number of amides is 1. The number of aliphatic hydroxyl groups is 1. The molecule has 0 radical (unpaired) electrons. The summed E-state index contributed by atoms with van der Waals surface area (Å²) in [7, 11) is -3.55. The molecule has 35 heavy (non-hydrogen) atoms. The maximum atomic E-state index is 12.5. The van der Waals surface area contributed by atoms with E-state index < -0.39 is 22.2 Å². The van der Waals surface area contributed by atoms with Crippen molar-refractivity contribution in [2.75, 3.05) is 6.61 Å². The second-order valence-corrected chi connectivity index (χ2v) is 21.0. The normalized spacial score (nSPS) is 19.3. The van der Waals surface area contributed by atoms with Crippen molar-refractivity contribution >= 4 is 28.3 Å². The molecular weight excluding hydrogens is 470 g/mol. The number of alkyl carbamates (subject to hydrolysis) is 1. The molecule has 2 N–H and O–H groups in total. The minimum atomic E-state index is -1.82. The number of rotatable bonds is 12. The highest BCUT2D eigenvalue weighted by atomic mass is 28.4. The molecule has 1 fully saturated rings. The predicted octanol–water partition coefficient (Wildman–Crippen LogP) is 7.44. The van der Waals surface area contributed by atoms with Crippen LogP contribution in [0.1, 0.15) is 70.4 Å². The molecule has 0 heterocycles. The molecule has 1 aliphatic carbocycles. The van der Waals surface area contributed by atoms with Crippen LogP contribution < -0.4 is 5.32 Å². The van der Waals surface area contributed by atoms with Gasteiger partial charge in [0.2, 0.25) is 0 Å². The van der Waals surface area contributed by atoms with Crippen LogP contribution in [0.2, 0.25) is 38.3 Å². The van der Waals surface area contributed by atoms with Crippen LogP contribution in [0.5, 0.6) is 0 Å². The lowest BCUT2D eigenvalue weighted by atomic mass is 9.86. The van der Waals surface area contributed by atoms with Crippen molar-refractivity contribution in [2.24, 2.45) is 5.92 Å². The van der Waals surface area contributed by atoms with Crippen LogP contribution in [0, 0.1) is 5.92 Å². The summed E-state index contributed by atoms with van der Waals surface area (Å²) < 4.78 is 12.3. The largest absolute Gasteiger partial charge is 0.455 e. The Labute approximate surface area is 216 Å². The zero-order valence-corrected chi connectivity index (χ0v) is 25.2. The second kappa shape index (κ2) is 12.7. The molecule has 0 atom stereocenters. The molecular formula is C28H49NO4Si2. The summed E-state index contributed by atoms with van der Waals surface area (Å²) in [6.07, 6.45) is 5.81. The molecule has 7 heteroatoms. The smallest absolute Gasteiger partial charge is 0.407 e. The van der Waals surface area contributed by atoms with E-state index in [1.807, 2.05) is 39.0 Å². The molecule has 0 unspecified atom stereocenters. The Bertz CT molecular complexity index is 845. The van der Waals surface area contributed by atoms with Gasteiger partial charge in [0.25, 0.3) is 0 Å². The summed E-state index contributed by atoms with van der Waals surface area (Å²) >= 11 is 0. The number of hydrogen-bond acceptors (Lipinski definition) is 4. The Hall–Kier alpha value is -1.42. The number of allylic oxidation sites excluding steroid dienone is 1. The summed E-state index contributed by atoms with van der Waals surface area (Å²) in [5.74, 6) is 0.748. The van der Waals surface area contributed by atoms with Gasteiger partial charge < -0.3 is 19.3 Å². The van der Waals surface area contributed by atoms with Gasteiger partial charge in [-0.3, -0.25) is 0 Å². The van der Waals surface area contributed by atoms with E-state index in [1.54, 1.807) is 0 Å². The van der Waals surface area contributed by atoms with Gasteiger partial charge in [-0.1, -0.05) is 36.8 Å². The fraction of sp³-hybridized carbons (Fsp3) is 0.679. The third kappa shape index (κ3) is 10.6. The molecule has 1 amide bonds. The van der Waals surface area contributed by atoms with Crippen LogP contribution in [0.3, 0.4) is 0 Å². The van der Waals surface area contributed by atoms with Crippen molar-refractivity contribution in [3.63, 3.8) is 0 Å². The van der Waals surface area contributed by atoms with Crippen molar-refractivity contribution in [2.45, 2.75) is 109 Å². The average Bonchev–Trinajstić information content (AvgIpc) is 2.75. The Kier molecular flexibility index (Phi) is 10.8. The topological polar surface area (TPSA) is 67.8 Å². The fourth-order valence-electron chi connectivity index (χ4n) is 5.03. The van der Waals surface area contributed by atoms with E-state index in [2.05, 4.69) is 44.2 Å². The molecule has 0 aromatic heterocycles. The van der Waals surface area contributed by atoms with Crippen LogP contribution in [0.25, 0.3) is 5.57 Å². The first-order chi connectivity index (χ1) is 16.2. The van der Waals surface area contributed by atoms with Gasteiger partial charge in [0.15, 0.2) is 16.6 Å². The van der Waals surface area contributed by atoms with Gasteiger partial charge in [-0.25, -0.2) is 4.79 Å². The summed E-state index contributed by atoms with van der Waals surface area (Å²) in [5.41, 5.74) is 2.56. The monoisotopic (exact) mass is 519 g/mol. The number of carbonyl (C=O) groups is 1. The molecule has 0 saturated heterocycles. The van der Waals surface area contributed by atoms with Crippen LogP contribution in [0.15, 0.2) is 30.8 Å². The maximum absolute atomic E-state index is 12.5. The molecule has 0 bridgehead atoms. The summed E-state index contributed by atoms with van der Waals surface area (Å²) in [6, 6.07) is 10.3. The quantitative estimate of drug-likeness (QED) is 0.222. The number of nitrogens with one attached hydrogen (secondary N) is 1. The van der Waals surface area contributed by atoms with Crippen LogP contribution in [-0.4, -0.2) is 40.5 Å². The standard InChI is InChI=1S/C28H49NO4Si2/c1-22(2)24-11-9-12-25(21-24)28(3,4)29-27(31)32-18-10-19-34(5,6)33-35(7,8)20-17-23-13-15-26(30)16-14-23/h9,11-12,21,23,26,30H,1,10,13-20H2,2-8H3,(H,29,31). The van der Waals surface area contributed by atoms with Gasteiger partial charge in [0, 0.05) is 0 Å². The minimum absolute atomic E-state index is 0.0813. The predicted molar refractivity (Wildman–Crippen MR) is 152 cm³/mol. The average molecular weight is 520 g/mol. The van der Waals surface area contributed by atoms with Crippen molar-refractivity contribution < 1.29 is 18.8 Å². The third-order valence-electron chi connectivity index (χ3n) is 7.17. The van der Waals surface area contributed by atoms with Crippen LogP contribution in [0.4, 0.5) is 4.79 Å². The van der Waals surface area contributed by atoms with E-state index in [4.69, 9.17) is 8.85 Å². The zero-order chi connectivity index (χ0) is 26.3. The van der Waals surface area contributed by atoms with E-state index in [0.717, 1.165) is 60.8 Å². The highest BCUT2D eigenvalue weighted by molar-refractivity contribution is 6.84. The highest BCUT2D eigenvalue weighted by Crippen LogP contribution is 2.32. The van der Waals surface area contributed by atoms with E-state index >= 15 is 0 Å². The first-order valence-corrected chi connectivity index (χ1v) is 19.5. The van der Waals surface area contributed by atoms with Crippen molar-refractivity contribution in [1.82, 2.24) is 5.32 Å². The summed E-state index contributed by atoms with van der Waals surface area (Å²) in [5, 5.41) is 12.7. The molecule has 198 valence electrons. The Morgan fingerprint density at radius 3 is 2.37 bits per heavy atom. The third-order valence-corrected chi connectivity index (χ3v) is 14.6. The second-order valence-electron chi connectivity index (χ2n) is 12.2. The lowest BCUT2D eigenvalue weighted by molar-refractivity contribution is 0.107. The summed E-state index contributed by atoms with van der Waals surface area (Å²) in [4.78, 5) is 12.5. The lowest BCUT2D eigenvalue weighted by Gasteiger charge is -2.35. The Morgan fingerprint density at radius 2 is 1.74 bits per heavy atom. The summed E-state index contributed by atoms with van der Waals surface area (Å²) in [6.45, 7) is 19.6.